The number of Topliss-reactive ketones (excluding diaryl/α,β-unsaturated/α-hetero) is 4. The lowest BCUT2D eigenvalue weighted by Crippen LogP contribution is -2.54. The van der Waals surface area contributed by atoms with Crippen LogP contribution in [0.3, 0.4) is 0 Å². The molecule has 0 aromatic carbocycles. The Hall–Kier alpha value is -5.15. The maximum absolute atomic E-state index is 13.6. The third kappa shape index (κ3) is 25.8. The molecule has 19 nitrogen and oxygen atoms in total. The van der Waals surface area contributed by atoms with Crippen LogP contribution in [0.25, 0.3) is 0 Å². The number of hydroxylamine groups is 2. The first kappa shape index (κ1) is 71.8. The third-order valence-corrected chi connectivity index (χ3v) is 7.17. The van der Waals surface area contributed by atoms with E-state index >= 15 is 0 Å². The predicted octanol–water partition coefficient (Wildman–Crippen LogP) is 5.56. The van der Waals surface area contributed by atoms with E-state index in [1.165, 1.54) is 20.8 Å². The molecular weight excluding hydrogens is 1030 g/mol. The Balaban J connectivity index is -0.000000263. The summed E-state index contributed by atoms with van der Waals surface area (Å²) in [6.07, 6.45) is -0.890. The van der Waals surface area contributed by atoms with Crippen molar-refractivity contribution < 1.29 is 134 Å². The fraction of sp³-hybridized carbons (Fsp3) is 0.735. The topological polar surface area (TPSA) is 295 Å². The SMILES string of the molecule is C=C1CCC(=O)N1OC(=O)C(F)(F)C(F)(F)C(=O)CCCC.CCCCC(=O)C(F)(F)C(F)(F)C(=O)OC(C)(C)C.CCCCC(=O)C(F)(F)C(F)(F)C(C)=O.O=S(=O)=O.O=S(=O)=O.O=S(=O)=O. The van der Waals surface area contributed by atoms with Crippen molar-refractivity contribution in [3.63, 3.8) is 0 Å². The van der Waals surface area contributed by atoms with Crippen LogP contribution < -0.4 is 0 Å². The van der Waals surface area contributed by atoms with E-state index in [1.54, 1.807) is 20.8 Å². The largest absolute Gasteiger partial charge is 0.455 e. The van der Waals surface area contributed by atoms with E-state index in [0.29, 0.717) is 26.2 Å². The van der Waals surface area contributed by atoms with Crippen molar-refractivity contribution in [1.82, 2.24) is 5.06 Å². The summed E-state index contributed by atoms with van der Waals surface area (Å²) in [6.45, 7) is 12.2. The number of esters is 1. The highest BCUT2D eigenvalue weighted by Crippen LogP contribution is 2.40. The maximum atomic E-state index is 13.6. The predicted molar refractivity (Wildman–Crippen MR) is 200 cm³/mol. The fourth-order valence-corrected chi connectivity index (χ4v) is 3.71. The Kier molecular flexibility index (Phi) is 32.8. The number of ether oxygens (including phenoxy) is 1. The van der Waals surface area contributed by atoms with Crippen molar-refractivity contribution in [2.45, 2.75) is 160 Å². The van der Waals surface area contributed by atoms with Gasteiger partial charge in [0.25, 0.3) is 5.91 Å². The minimum Gasteiger partial charge on any atom is -0.455 e. The van der Waals surface area contributed by atoms with Crippen molar-refractivity contribution in [1.29, 1.82) is 0 Å². The number of rotatable bonds is 19. The summed E-state index contributed by atoms with van der Waals surface area (Å²) in [5.74, 6) is -44.4. The van der Waals surface area contributed by atoms with E-state index in [9.17, 15) is 86.2 Å². The van der Waals surface area contributed by atoms with Crippen molar-refractivity contribution >= 4 is 72.8 Å². The summed E-state index contributed by atoms with van der Waals surface area (Å²) >= 11 is 0. The fourth-order valence-electron chi connectivity index (χ4n) is 3.71. The number of ketones is 4. The monoisotopic (exact) mass is 1080 g/mol. The summed E-state index contributed by atoms with van der Waals surface area (Å²) < 4.78 is 239. The molecule has 396 valence electrons. The number of halogens is 12. The number of amides is 1. The van der Waals surface area contributed by atoms with Crippen molar-refractivity contribution in [3.05, 3.63) is 12.3 Å². The van der Waals surface area contributed by atoms with Gasteiger partial charge in [-0.25, -0.2) is 9.59 Å². The van der Waals surface area contributed by atoms with Gasteiger partial charge in [0.1, 0.15) is 5.60 Å². The third-order valence-electron chi connectivity index (χ3n) is 7.17. The minimum atomic E-state index is -5.37. The molecule has 0 atom stereocenters. The van der Waals surface area contributed by atoms with Gasteiger partial charge >= 0.3 is 79.3 Å². The van der Waals surface area contributed by atoms with Crippen molar-refractivity contribution in [2.75, 3.05) is 0 Å². The van der Waals surface area contributed by atoms with E-state index in [2.05, 4.69) is 16.2 Å². The molecule has 34 heteroatoms. The summed E-state index contributed by atoms with van der Waals surface area (Å²) in [7, 11) is -9.33. The first-order chi connectivity index (χ1) is 30.3. The quantitative estimate of drug-likeness (QED) is 0.113. The highest BCUT2D eigenvalue weighted by atomic mass is 32.2. The number of allylic oxidation sites excluding steroid dienone is 1. The van der Waals surface area contributed by atoms with Gasteiger partial charge in [-0.1, -0.05) is 46.6 Å². The molecule has 0 radical (unpaired) electrons. The van der Waals surface area contributed by atoms with Gasteiger partial charge in [-0.15, -0.1) is 42.9 Å². The van der Waals surface area contributed by atoms with Gasteiger partial charge in [-0.05, 0) is 46.5 Å². The molecule has 0 aromatic heterocycles. The van der Waals surface area contributed by atoms with Crippen LogP contribution in [0, 0.1) is 0 Å². The highest BCUT2D eigenvalue weighted by molar-refractivity contribution is 7.59. The number of carbonyl (C=O) groups is 7. The molecule has 1 aliphatic heterocycles. The second-order valence-corrected chi connectivity index (χ2v) is 15.1. The Morgan fingerprint density at radius 3 is 1.00 bits per heavy atom. The van der Waals surface area contributed by atoms with Gasteiger partial charge in [-0.2, -0.15) is 52.7 Å². The second kappa shape index (κ2) is 31.1. The van der Waals surface area contributed by atoms with E-state index in [1.807, 2.05) is 0 Å². The minimum absolute atomic E-state index is 0.0129. The van der Waals surface area contributed by atoms with Crippen LogP contribution in [0.2, 0.25) is 0 Å². The van der Waals surface area contributed by atoms with Crippen LogP contribution in [0.4, 0.5) is 52.7 Å². The van der Waals surface area contributed by atoms with E-state index < -0.39 is 133 Å². The lowest BCUT2D eigenvalue weighted by Gasteiger charge is -2.27. The molecule has 0 aliphatic carbocycles. The average Bonchev–Trinajstić information content (AvgIpc) is 3.48. The number of carbonyl (C=O) groups excluding carboxylic acids is 7. The summed E-state index contributed by atoms with van der Waals surface area (Å²) in [6, 6.07) is 0. The maximum Gasteiger partial charge on any atom is 0.425 e. The van der Waals surface area contributed by atoms with E-state index in [-0.39, 0.29) is 42.9 Å². The van der Waals surface area contributed by atoms with Gasteiger partial charge in [0.05, 0.1) is 5.70 Å². The van der Waals surface area contributed by atoms with E-state index in [4.69, 9.17) is 37.9 Å². The van der Waals surface area contributed by atoms with Crippen LogP contribution in [0.1, 0.15) is 119 Å². The Morgan fingerprint density at radius 1 is 0.515 bits per heavy atom. The van der Waals surface area contributed by atoms with Gasteiger partial charge < -0.3 is 9.57 Å². The number of unbranched alkanes of at least 4 members (excludes halogenated alkanes) is 3. The highest BCUT2D eigenvalue weighted by Gasteiger charge is 2.69. The zero-order valence-corrected chi connectivity index (χ0v) is 39.0. The molecule has 0 unspecified atom stereocenters. The Morgan fingerprint density at radius 2 is 0.779 bits per heavy atom. The zero-order valence-electron chi connectivity index (χ0n) is 36.5. The number of nitrogens with zero attached hydrogens (tertiary/aromatic N) is 1. The van der Waals surface area contributed by atoms with Gasteiger partial charge in [0.15, 0.2) is 0 Å². The smallest absolute Gasteiger partial charge is 0.425 e. The lowest BCUT2D eigenvalue weighted by atomic mass is 10.00. The Bertz CT molecular complexity index is 2010. The molecule has 1 amide bonds. The second-order valence-electron chi connectivity index (χ2n) is 13.8. The van der Waals surface area contributed by atoms with Crippen molar-refractivity contribution in [2.24, 2.45) is 0 Å². The Labute approximate surface area is 383 Å². The summed E-state index contributed by atoms with van der Waals surface area (Å²) in [5, 5.41) is 0.156. The molecule has 1 saturated heterocycles. The molecule has 0 spiro atoms. The molecule has 68 heavy (non-hydrogen) atoms. The molecule has 1 heterocycles. The molecule has 1 fully saturated rings. The van der Waals surface area contributed by atoms with Crippen LogP contribution >= 0.6 is 0 Å². The molecule has 0 saturated carbocycles. The first-order valence-corrected chi connectivity index (χ1v) is 21.4. The molecule has 1 aliphatic rings. The molecule has 0 bridgehead atoms. The molecule has 0 N–H and O–H groups in total. The standard InChI is InChI=1S/C13H15F4NO4.C12H18F4O3.C9H12F4O2.3O3S/c1-3-4-5-9(19)12(14,15)13(16,17)11(21)22-18-8(2)6-7-10(18)20;1-5-6-7-8(17)11(13,14)12(15,16)9(18)19-10(2,3)4;1-3-4-5-7(15)9(12,13)8(10,11)6(2)14;3*1-4(2)3/h2-7H2,1H3;5-7H2,1-4H3;3-5H2,1-2H3;;;. The van der Waals surface area contributed by atoms with Crippen LogP contribution in [0.15, 0.2) is 12.3 Å². The van der Waals surface area contributed by atoms with Crippen LogP contribution in [-0.2, 0) is 75.0 Å². The van der Waals surface area contributed by atoms with Gasteiger partial charge in [0.2, 0.25) is 23.1 Å². The van der Waals surface area contributed by atoms with Gasteiger partial charge in [-0.3, -0.25) is 24.0 Å². The van der Waals surface area contributed by atoms with E-state index in [0.717, 1.165) is 0 Å². The number of hydrogen-bond donors (Lipinski definition) is 0. The molecule has 1 rings (SSSR count). The molecular formula is C34H45F12NO18S3. The number of alkyl halides is 12. The van der Waals surface area contributed by atoms with Crippen LogP contribution in [0.5, 0.6) is 0 Å². The summed E-state index contributed by atoms with van der Waals surface area (Å²) in [5.41, 5.74) is -1.45. The first-order valence-electron chi connectivity index (χ1n) is 18.4. The zero-order chi connectivity index (χ0) is 55.6. The van der Waals surface area contributed by atoms with Crippen LogP contribution in [-0.4, -0.2) is 125 Å². The lowest BCUT2D eigenvalue weighted by molar-refractivity contribution is -0.243. The molecule has 0 aromatic rings. The average molecular weight is 1080 g/mol. The number of hydrogen-bond acceptors (Lipinski definition) is 18. The van der Waals surface area contributed by atoms with Gasteiger partial charge in [0, 0.05) is 32.6 Å². The normalized spacial score (nSPS) is 12.8. The summed E-state index contributed by atoms with van der Waals surface area (Å²) in [4.78, 5) is 81.1. The van der Waals surface area contributed by atoms with Crippen molar-refractivity contribution in [3.8, 4) is 0 Å².